The molecule has 0 radical (unpaired) electrons. The first-order valence-electron chi connectivity index (χ1n) is 10.4. The Hall–Kier alpha value is -2.35. The summed E-state index contributed by atoms with van der Waals surface area (Å²) >= 11 is 6.15. The van der Waals surface area contributed by atoms with Gasteiger partial charge in [-0.05, 0) is 49.6 Å². The third-order valence-corrected chi connectivity index (χ3v) is 7.98. The van der Waals surface area contributed by atoms with Crippen LogP contribution in [0.2, 0.25) is 5.02 Å². The highest BCUT2D eigenvalue weighted by atomic mass is 35.5. The summed E-state index contributed by atoms with van der Waals surface area (Å²) < 4.78 is 33.6. The number of carbonyl (C=O) groups excluding carboxylic acids is 1. The summed E-state index contributed by atoms with van der Waals surface area (Å²) in [5, 5.41) is 4.02. The van der Waals surface area contributed by atoms with Gasteiger partial charge in [0, 0.05) is 35.6 Å². The monoisotopic (exact) mass is 460 g/mol. The van der Waals surface area contributed by atoms with E-state index in [4.69, 9.17) is 16.0 Å². The highest BCUT2D eigenvalue weighted by molar-refractivity contribution is 7.89. The van der Waals surface area contributed by atoms with Crippen LogP contribution in [0.5, 0.6) is 0 Å². The zero-order valence-electron chi connectivity index (χ0n) is 17.4. The molecule has 1 amide bonds. The molecular formula is C23H25ClN2O4S. The number of nitrogens with zero attached hydrogens (tertiary/aromatic N) is 1. The Bertz CT molecular complexity index is 1210. The van der Waals surface area contributed by atoms with Gasteiger partial charge in [-0.1, -0.05) is 42.6 Å². The van der Waals surface area contributed by atoms with Crippen LogP contribution in [0.4, 0.5) is 0 Å². The molecule has 1 aliphatic heterocycles. The average molecular weight is 461 g/mol. The predicted molar refractivity (Wildman–Crippen MR) is 121 cm³/mol. The first-order valence-corrected chi connectivity index (χ1v) is 12.2. The normalized spacial score (nSPS) is 15.7. The van der Waals surface area contributed by atoms with Crippen LogP contribution < -0.4 is 5.32 Å². The van der Waals surface area contributed by atoms with E-state index in [0.29, 0.717) is 34.6 Å². The van der Waals surface area contributed by atoms with E-state index in [9.17, 15) is 13.2 Å². The number of hydrogen-bond acceptors (Lipinski definition) is 4. The molecule has 6 nitrogen and oxygen atoms in total. The van der Waals surface area contributed by atoms with Gasteiger partial charge in [0.1, 0.15) is 5.58 Å². The molecule has 164 valence electrons. The first-order chi connectivity index (χ1) is 14.9. The van der Waals surface area contributed by atoms with Crippen LogP contribution >= 0.6 is 11.6 Å². The van der Waals surface area contributed by atoms with E-state index in [2.05, 4.69) is 5.32 Å². The van der Waals surface area contributed by atoms with Gasteiger partial charge in [0.25, 0.3) is 5.91 Å². The van der Waals surface area contributed by atoms with Crippen LogP contribution in [0.15, 0.2) is 51.8 Å². The Kier molecular flexibility index (Phi) is 6.36. The van der Waals surface area contributed by atoms with Crippen molar-refractivity contribution in [2.75, 3.05) is 13.1 Å². The lowest BCUT2D eigenvalue weighted by molar-refractivity contribution is 0.0924. The smallest absolute Gasteiger partial charge is 0.287 e. The first kappa shape index (κ1) is 21.9. The number of nitrogens with one attached hydrogen (secondary N) is 1. The summed E-state index contributed by atoms with van der Waals surface area (Å²) in [6.07, 6.45) is 3.86. The highest BCUT2D eigenvalue weighted by Gasteiger charge is 2.27. The van der Waals surface area contributed by atoms with E-state index >= 15 is 0 Å². The molecule has 1 aliphatic rings. The largest absolute Gasteiger partial charge is 0.451 e. The molecule has 0 aliphatic carbocycles. The van der Waals surface area contributed by atoms with Gasteiger partial charge in [-0.3, -0.25) is 4.79 Å². The number of aryl methyl sites for hydroxylation is 1. The topological polar surface area (TPSA) is 79.6 Å². The molecular weight excluding hydrogens is 436 g/mol. The van der Waals surface area contributed by atoms with Crippen molar-refractivity contribution in [3.8, 4) is 0 Å². The summed E-state index contributed by atoms with van der Waals surface area (Å²) in [7, 11) is -3.58. The Labute approximate surface area is 187 Å². The second-order valence-corrected chi connectivity index (χ2v) is 10.2. The van der Waals surface area contributed by atoms with Crippen molar-refractivity contribution >= 4 is 38.5 Å². The van der Waals surface area contributed by atoms with Gasteiger partial charge < -0.3 is 9.73 Å². The molecule has 1 N–H and O–H groups in total. The maximum absolute atomic E-state index is 13.1. The molecule has 0 atom stereocenters. The second-order valence-electron chi connectivity index (χ2n) is 7.81. The minimum Gasteiger partial charge on any atom is -0.451 e. The molecule has 1 aromatic heterocycles. The molecule has 0 unspecified atom stereocenters. The fourth-order valence-corrected chi connectivity index (χ4v) is 5.65. The standard InChI is InChI=1S/C23H25ClN2O4S/c1-16-19-14-18(31(28,29)26-12-6-2-3-7-13-26)10-11-21(19)30-22(16)23(27)25-15-17-8-4-5-9-20(17)24/h4-5,8-11,14H,2-3,6-7,12-13,15H2,1H3,(H,25,27). The van der Waals surface area contributed by atoms with Crippen molar-refractivity contribution in [2.45, 2.75) is 44.0 Å². The van der Waals surface area contributed by atoms with E-state index in [0.717, 1.165) is 31.2 Å². The number of hydrogen-bond donors (Lipinski definition) is 1. The summed E-state index contributed by atoms with van der Waals surface area (Å²) in [5.74, 6) is -0.197. The molecule has 0 saturated carbocycles. The summed E-state index contributed by atoms with van der Waals surface area (Å²) in [4.78, 5) is 12.9. The molecule has 31 heavy (non-hydrogen) atoms. The lowest BCUT2D eigenvalue weighted by Gasteiger charge is -2.19. The number of benzene rings is 2. The van der Waals surface area contributed by atoms with Crippen LogP contribution in [0.3, 0.4) is 0 Å². The molecule has 1 saturated heterocycles. The SMILES string of the molecule is Cc1c(C(=O)NCc2ccccc2Cl)oc2ccc(S(=O)(=O)N3CCCCCC3)cc12. The minimum absolute atomic E-state index is 0.173. The fourth-order valence-electron chi connectivity index (χ4n) is 3.91. The van der Waals surface area contributed by atoms with Gasteiger partial charge in [-0.2, -0.15) is 4.31 Å². The van der Waals surface area contributed by atoms with E-state index in [1.165, 1.54) is 0 Å². The number of carbonyl (C=O) groups is 1. The highest BCUT2D eigenvalue weighted by Crippen LogP contribution is 2.29. The van der Waals surface area contributed by atoms with Crippen LogP contribution in [-0.2, 0) is 16.6 Å². The maximum Gasteiger partial charge on any atom is 0.287 e. The summed E-state index contributed by atoms with van der Waals surface area (Å²) in [6, 6.07) is 12.1. The lowest BCUT2D eigenvalue weighted by atomic mass is 10.1. The zero-order valence-corrected chi connectivity index (χ0v) is 18.9. The molecule has 3 aromatic rings. The van der Waals surface area contributed by atoms with E-state index in [-0.39, 0.29) is 23.1 Å². The van der Waals surface area contributed by atoms with Crippen molar-refractivity contribution in [3.05, 3.63) is 64.4 Å². The average Bonchev–Trinajstić information content (AvgIpc) is 2.93. The van der Waals surface area contributed by atoms with E-state index in [1.807, 2.05) is 18.2 Å². The number of rotatable bonds is 5. The Morgan fingerprint density at radius 1 is 1.10 bits per heavy atom. The van der Waals surface area contributed by atoms with Crippen molar-refractivity contribution in [2.24, 2.45) is 0 Å². The second kappa shape index (κ2) is 9.02. The van der Waals surface area contributed by atoms with Crippen molar-refractivity contribution in [3.63, 3.8) is 0 Å². The third kappa shape index (κ3) is 4.49. The van der Waals surface area contributed by atoms with Gasteiger partial charge in [0.15, 0.2) is 5.76 Å². The van der Waals surface area contributed by atoms with Crippen molar-refractivity contribution < 1.29 is 17.6 Å². The van der Waals surface area contributed by atoms with Gasteiger partial charge in [0.2, 0.25) is 10.0 Å². The van der Waals surface area contributed by atoms with Gasteiger partial charge in [0.05, 0.1) is 4.90 Å². The number of furan rings is 1. The Morgan fingerprint density at radius 2 is 1.81 bits per heavy atom. The minimum atomic E-state index is -3.58. The van der Waals surface area contributed by atoms with E-state index in [1.54, 1.807) is 35.5 Å². The van der Waals surface area contributed by atoms with Gasteiger partial charge in [-0.15, -0.1) is 0 Å². The van der Waals surface area contributed by atoms with Gasteiger partial charge in [-0.25, -0.2) is 8.42 Å². The molecule has 1 fully saturated rings. The van der Waals surface area contributed by atoms with Crippen LogP contribution in [0, 0.1) is 6.92 Å². The summed E-state index contributed by atoms with van der Waals surface area (Å²) in [5.41, 5.74) is 1.90. The third-order valence-electron chi connectivity index (χ3n) is 5.71. The summed E-state index contributed by atoms with van der Waals surface area (Å²) in [6.45, 7) is 3.11. The Balaban J connectivity index is 1.59. The molecule has 2 heterocycles. The number of halogens is 1. The number of sulfonamides is 1. The van der Waals surface area contributed by atoms with Crippen LogP contribution in [0.25, 0.3) is 11.0 Å². The lowest BCUT2D eigenvalue weighted by Crippen LogP contribution is -2.31. The van der Waals surface area contributed by atoms with Crippen LogP contribution in [0.1, 0.15) is 47.4 Å². The molecule has 0 spiro atoms. The number of amides is 1. The fraction of sp³-hybridized carbons (Fsp3) is 0.348. The maximum atomic E-state index is 13.1. The number of fused-ring (bicyclic) bond motifs is 1. The molecule has 0 bridgehead atoms. The quantitative estimate of drug-likeness (QED) is 0.587. The van der Waals surface area contributed by atoms with Crippen LogP contribution in [-0.4, -0.2) is 31.7 Å². The molecule has 8 heteroatoms. The van der Waals surface area contributed by atoms with Crippen molar-refractivity contribution in [1.29, 1.82) is 0 Å². The van der Waals surface area contributed by atoms with Crippen molar-refractivity contribution in [1.82, 2.24) is 9.62 Å². The zero-order chi connectivity index (χ0) is 22.0. The predicted octanol–water partition coefficient (Wildman–Crippen LogP) is 4.89. The molecule has 2 aromatic carbocycles. The molecule has 4 rings (SSSR count). The van der Waals surface area contributed by atoms with E-state index < -0.39 is 10.0 Å². The Morgan fingerprint density at radius 3 is 2.52 bits per heavy atom. The van der Waals surface area contributed by atoms with Gasteiger partial charge >= 0.3 is 0 Å².